The van der Waals surface area contributed by atoms with Crippen molar-refractivity contribution in [2.75, 3.05) is 26.8 Å². The van der Waals surface area contributed by atoms with E-state index in [2.05, 4.69) is 15.2 Å². The third-order valence-electron chi connectivity index (χ3n) is 6.37. The second-order valence-electron chi connectivity index (χ2n) is 9.26. The number of aromatic nitrogens is 4. The van der Waals surface area contributed by atoms with Gasteiger partial charge in [-0.15, -0.1) is 10.2 Å². The molecular weight excluding hydrogens is 492 g/mol. The van der Waals surface area contributed by atoms with Gasteiger partial charge in [-0.3, -0.25) is 9.30 Å². The molecule has 2 N–H and O–H groups in total. The average Bonchev–Trinajstić information content (AvgIpc) is 3.44. The Morgan fingerprint density at radius 2 is 1.97 bits per heavy atom. The number of methoxy groups -OCH3 is 1. The van der Waals surface area contributed by atoms with Crippen LogP contribution < -0.4 is 10.5 Å². The lowest BCUT2D eigenvalue weighted by molar-refractivity contribution is -0.183. The van der Waals surface area contributed by atoms with E-state index in [1.807, 2.05) is 0 Å². The van der Waals surface area contributed by atoms with Gasteiger partial charge < -0.3 is 15.2 Å². The maximum Gasteiger partial charge on any atom is 0.408 e. The molecule has 1 aromatic carbocycles. The van der Waals surface area contributed by atoms with Crippen LogP contribution in [-0.2, 0) is 4.74 Å². The number of rotatable bonds is 7. The van der Waals surface area contributed by atoms with Crippen molar-refractivity contribution in [1.29, 1.82) is 0 Å². The van der Waals surface area contributed by atoms with E-state index < -0.39 is 18.0 Å². The molecule has 196 valence electrons. The van der Waals surface area contributed by atoms with Crippen LogP contribution >= 0.6 is 0 Å². The first-order chi connectivity index (χ1) is 17.6. The van der Waals surface area contributed by atoms with Gasteiger partial charge in [0.15, 0.2) is 23.0 Å². The third-order valence-corrected chi connectivity index (χ3v) is 6.37. The van der Waals surface area contributed by atoms with Crippen molar-refractivity contribution >= 4 is 16.6 Å². The van der Waals surface area contributed by atoms with Crippen molar-refractivity contribution in [3.05, 3.63) is 54.0 Å². The molecule has 4 heterocycles. The van der Waals surface area contributed by atoms with Gasteiger partial charge >= 0.3 is 6.18 Å². The van der Waals surface area contributed by atoms with Gasteiger partial charge in [0.25, 0.3) is 0 Å². The lowest BCUT2D eigenvalue weighted by Gasteiger charge is -2.30. The number of alkyl halides is 3. The molecule has 0 radical (unpaired) electrons. The molecule has 3 aromatic heterocycles. The first-order valence-electron chi connectivity index (χ1n) is 11.8. The van der Waals surface area contributed by atoms with E-state index >= 15 is 0 Å². The van der Waals surface area contributed by atoms with Crippen molar-refractivity contribution in [2.24, 2.45) is 5.73 Å². The molecule has 0 spiro atoms. The molecule has 37 heavy (non-hydrogen) atoms. The van der Waals surface area contributed by atoms with E-state index in [9.17, 15) is 17.6 Å². The fourth-order valence-electron chi connectivity index (χ4n) is 4.72. The third kappa shape index (κ3) is 5.09. The summed E-state index contributed by atoms with van der Waals surface area (Å²) in [5.41, 5.74) is 7.11. The fourth-order valence-corrected chi connectivity index (χ4v) is 4.72. The zero-order valence-electron chi connectivity index (χ0n) is 20.2. The van der Waals surface area contributed by atoms with E-state index in [1.54, 1.807) is 19.1 Å². The number of hydrogen-bond acceptors (Lipinski definition) is 7. The number of hydrogen-bond donors (Lipinski definition) is 1. The molecule has 12 heteroatoms. The molecule has 5 rings (SSSR count). The minimum Gasteiger partial charge on any atom is -0.485 e. The van der Waals surface area contributed by atoms with Crippen LogP contribution in [0.2, 0.25) is 0 Å². The molecular formula is C25H26F4N6O2. The molecule has 0 aliphatic carbocycles. The highest BCUT2D eigenvalue weighted by atomic mass is 19.4. The topological polar surface area (TPSA) is 90.8 Å². The standard InChI is InChI=1S/C25H26F4N6O2/c1-14(13-36-2)37-21-10-20-15(9-18(21)26)3-5-19(31-20)24-33-32-22-6-4-16(11-35(22)24)23(25(27,28)29)34-8-7-17(30)12-34/h3-6,9-11,14,17,23H,7-8,12-13,30H2,1-2H3/t14-,17+,23-/m1/s1. The lowest BCUT2D eigenvalue weighted by atomic mass is 10.1. The second-order valence-corrected chi connectivity index (χ2v) is 9.26. The summed E-state index contributed by atoms with van der Waals surface area (Å²) >= 11 is 0. The highest BCUT2D eigenvalue weighted by Gasteiger charge is 2.46. The summed E-state index contributed by atoms with van der Waals surface area (Å²) in [6.45, 7) is 2.45. The summed E-state index contributed by atoms with van der Waals surface area (Å²) in [6, 6.07) is 6.90. The number of likely N-dealkylation sites (tertiary alicyclic amines) is 1. The minimum absolute atomic E-state index is 0.0203. The van der Waals surface area contributed by atoms with Crippen LogP contribution in [0.3, 0.4) is 0 Å². The van der Waals surface area contributed by atoms with E-state index in [-0.39, 0.29) is 49.0 Å². The monoisotopic (exact) mass is 518 g/mol. The summed E-state index contributed by atoms with van der Waals surface area (Å²) in [7, 11) is 1.52. The number of benzene rings is 1. The highest BCUT2D eigenvalue weighted by molar-refractivity contribution is 5.82. The smallest absolute Gasteiger partial charge is 0.408 e. The van der Waals surface area contributed by atoms with Crippen LogP contribution in [-0.4, -0.2) is 69.6 Å². The number of nitrogens with two attached hydrogens (primary N) is 1. The Balaban J connectivity index is 1.54. The molecule has 8 nitrogen and oxygen atoms in total. The lowest BCUT2D eigenvalue weighted by Crippen LogP contribution is -2.38. The summed E-state index contributed by atoms with van der Waals surface area (Å²) in [4.78, 5) is 5.94. The van der Waals surface area contributed by atoms with Gasteiger partial charge in [-0.1, -0.05) is 12.1 Å². The molecule has 0 bridgehead atoms. The summed E-state index contributed by atoms with van der Waals surface area (Å²) < 4.78 is 69.1. The number of fused-ring (bicyclic) bond motifs is 2. The Morgan fingerprint density at radius 3 is 2.68 bits per heavy atom. The predicted molar refractivity (Wildman–Crippen MR) is 129 cm³/mol. The Labute approximate surface area is 210 Å². The fraction of sp³-hybridized carbons (Fsp3) is 0.400. The molecule has 1 fully saturated rings. The number of nitrogens with zero attached hydrogens (tertiary/aromatic N) is 5. The Bertz CT molecular complexity index is 1430. The van der Waals surface area contributed by atoms with E-state index in [0.717, 1.165) is 0 Å². The Morgan fingerprint density at radius 1 is 1.16 bits per heavy atom. The molecule has 0 unspecified atom stereocenters. The van der Waals surface area contributed by atoms with E-state index in [1.165, 1.54) is 46.9 Å². The molecule has 1 aliphatic rings. The Kier molecular flexibility index (Phi) is 6.73. The van der Waals surface area contributed by atoms with Gasteiger partial charge in [-0.25, -0.2) is 9.37 Å². The van der Waals surface area contributed by atoms with Crippen LogP contribution in [0.4, 0.5) is 17.6 Å². The van der Waals surface area contributed by atoms with Crippen molar-refractivity contribution in [1.82, 2.24) is 24.5 Å². The minimum atomic E-state index is -4.49. The molecule has 0 saturated carbocycles. The highest BCUT2D eigenvalue weighted by Crippen LogP contribution is 2.39. The maximum absolute atomic E-state index is 14.5. The SMILES string of the molecule is COC[C@@H](C)Oc1cc2nc(-c3nnc4ccc([C@@H](N5CC[C@H](N)C5)C(F)(F)F)cn34)ccc2cc1F. The molecule has 3 atom stereocenters. The normalized spacial score (nSPS) is 18.5. The zero-order valence-corrected chi connectivity index (χ0v) is 20.2. The van der Waals surface area contributed by atoms with Crippen LogP contribution in [0.1, 0.15) is 24.9 Å². The van der Waals surface area contributed by atoms with Gasteiger partial charge in [0.05, 0.1) is 12.1 Å². The first kappa shape index (κ1) is 25.3. The van der Waals surface area contributed by atoms with Gasteiger partial charge in [0.1, 0.15) is 17.8 Å². The van der Waals surface area contributed by atoms with Crippen molar-refractivity contribution in [3.63, 3.8) is 0 Å². The van der Waals surface area contributed by atoms with Crippen LogP contribution in [0.5, 0.6) is 5.75 Å². The molecule has 0 amide bonds. The average molecular weight is 519 g/mol. The summed E-state index contributed by atoms with van der Waals surface area (Å²) in [5, 5.41) is 8.80. The van der Waals surface area contributed by atoms with Crippen molar-refractivity contribution in [3.8, 4) is 17.3 Å². The zero-order chi connectivity index (χ0) is 26.3. The van der Waals surface area contributed by atoms with Gasteiger partial charge in [0, 0.05) is 43.9 Å². The first-order valence-corrected chi connectivity index (χ1v) is 11.8. The molecule has 1 saturated heterocycles. The van der Waals surface area contributed by atoms with E-state index in [0.29, 0.717) is 28.7 Å². The van der Waals surface area contributed by atoms with Crippen molar-refractivity contribution < 1.29 is 27.0 Å². The maximum atomic E-state index is 14.5. The van der Waals surface area contributed by atoms with Gasteiger partial charge in [-0.2, -0.15) is 13.2 Å². The van der Waals surface area contributed by atoms with Gasteiger partial charge in [0.2, 0.25) is 0 Å². The van der Waals surface area contributed by atoms with Crippen LogP contribution in [0.25, 0.3) is 28.1 Å². The summed E-state index contributed by atoms with van der Waals surface area (Å²) in [5.74, 6) is -0.258. The van der Waals surface area contributed by atoms with Gasteiger partial charge in [-0.05, 0) is 37.1 Å². The molecule has 4 aromatic rings. The largest absolute Gasteiger partial charge is 0.485 e. The quantitative estimate of drug-likeness (QED) is 0.368. The number of pyridine rings is 2. The van der Waals surface area contributed by atoms with E-state index in [4.69, 9.17) is 15.2 Å². The number of ether oxygens (including phenoxy) is 2. The predicted octanol–water partition coefficient (Wildman–Crippen LogP) is 4.13. The molecule has 1 aliphatic heterocycles. The second kappa shape index (κ2) is 9.84. The number of halogens is 4. The van der Waals surface area contributed by atoms with Crippen molar-refractivity contribution in [2.45, 2.75) is 37.7 Å². The van der Waals surface area contributed by atoms with Crippen LogP contribution in [0.15, 0.2) is 42.6 Å². The summed E-state index contributed by atoms with van der Waals surface area (Å²) in [6.07, 6.45) is -2.98. The van der Waals surface area contributed by atoms with Crippen LogP contribution in [0, 0.1) is 5.82 Å². The Hall–Kier alpha value is -3.35.